The van der Waals surface area contributed by atoms with Crippen LogP contribution in [-0.2, 0) is 5.75 Å². The Balaban J connectivity index is 2.14. The lowest BCUT2D eigenvalue weighted by atomic mass is 9.96. The van der Waals surface area contributed by atoms with Gasteiger partial charge in [-0.3, -0.25) is 0 Å². The van der Waals surface area contributed by atoms with Crippen molar-refractivity contribution in [1.29, 1.82) is 10.5 Å². The highest BCUT2D eigenvalue weighted by Crippen LogP contribution is 2.37. The van der Waals surface area contributed by atoms with Crippen molar-refractivity contribution in [3.05, 3.63) is 77.1 Å². The molecule has 0 spiro atoms. The summed E-state index contributed by atoms with van der Waals surface area (Å²) in [5, 5.41) is 19.5. The second-order valence-corrected chi connectivity index (χ2v) is 6.37. The smallest absolute Gasteiger partial charge is 0.143 e. The van der Waals surface area contributed by atoms with E-state index in [0.717, 1.165) is 5.56 Å². The van der Waals surface area contributed by atoms with Gasteiger partial charge in [-0.2, -0.15) is 10.5 Å². The number of nitrogens with two attached hydrogens (primary N) is 1. The first-order chi connectivity index (χ1) is 12.7. The molecule has 0 fully saturated rings. The Hall–Kier alpha value is -3.35. The summed E-state index contributed by atoms with van der Waals surface area (Å²) in [5.41, 5.74) is 7.51. The third-order valence-electron chi connectivity index (χ3n) is 3.78. The van der Waals surface area contributed by atoms with Gasteiger partial charge in [-0.1, -0.05) is 48.5 Å². The molecular weight excluding hydrogens is 347 g/mol. The third kappa shape index (κ3) is 3.37. The highest BCUT2D eigenvalue weighted by molar-refractivity contribution is 7.98. The number of halogens is 1. The van der Waals surface area contributed by atoms with Crippen LogP contribution in [-0.4, -0.2) is 4.98 Å². The van der Waals surface area contributed by atoms with E-state index in [0.29, 0.717) is 10.8 Å². The quantitative estimate of drug-likeness (QED) is 0.692. The molecule has 2 aromatic carbocycles. The van der Waals surface area contributed by atoms with Crippen molar-refractivity contribution in [3.8, 4) is 23.3 Å². The summed E-state index contributed by atoms with van der Waals surface area (Å²) in [6.07, 6.45) is 0. The number of hydrogen-bond acceptors (Lipinski definition) is 5. The number of rotatable bonds is 4. The average molecular weight is 360 g/mol. The molecule has 1 heterocycles. The number of hydrogen-bond donors (Lipinski definition) is 1. The molecule has 0 bridgehead atoms. The Morgan fingerprint density at radius 2 is 1.62 bits per heavy atom. The second-order valence-electron chi connectivity index (χ2n) is 5.40. The normalized spacial score (nSPS) is 10.1. The minimum atomic E-state index is -0.523. The van der Waals surface area contributed by atoms with Gasteiger partial charge in [0.25, 0.3) is 0 Å². The molecule has 0 saturated heterocycles. The van der Waals surface area contributed by atoms with E-state index in [1.165, 1.54) is 23.9 Å². The van der Waals surface area contributed by atoms with Crippen LogP contribution in [0.25, 0.3) is 11.1 Å². The fraction of sp³-hybridized carbons (Fsp3) is 0.0500. The lowest BCUT2D eigenvalue weighted by Crippen LogP contribution is -2.04. The molecular formula is C20H13FN4S. The number of aromatic nitrogens is 1. The van der Waals surface area contributed by atoms with Gasteiger partial charge in [0.15, 0.2) is 0 Å². The topological polar surface area (TPSA) is 86.5 Å². The number of nitrogens with zero attached hydrogens (tertiary/aromatic N) is 3. The minimum Gasteiger partial charge on any atom is -0.383 e. The zero-order valence-electron chi connectivity index (χ0n) is 13.6. The lowest BCUT2D eigenvalue weighted by Gasteiger charge is -2.13. The van der Waals surface area contributed by atoms with E-state index in [9.17, 15) is 14.9 Å². The molecule has 6 heteroatoms. The maximum atomic E-state index is 14.3. The predicted molar refractivity (Wildman–Crippen MR) is 99.5 cm³/mol. The summed E-state index contributed by atoms with van der Waals surface area (Å²) in [7, 11) is 0. The maximum Gasteiger partial charge on any atom is 0.143 e. The molecule has 0 atom stereocenters. The zero-order chi connectivity index (χ0) is 18.5. The second kappa shape index (κ2) is 7.69. The van der Waals surface area contributed by atoms with Gasteiger partial charge in [-0.15, -0.1) is 11.8 Å². The number of anilines is 1. The Bertz CT molecular complexity index is 1040. The van der Waals surface area contributed by atoms with Gasteiger partial charge >= 0.3 is 0 Å². The highest BCUT2D eigenvalue weighted by atomic mass is 32.2. The summed E-state index contributed by atoms with van der Waals surface area (Å²) in [6, 6.07) is 19.7. The van der Waals surface area contributed by atoms with Crippen molar-refractivity contribution in [2.75, 3.05) is 5.73 Å². The molecule has 0 aliphatic rings. The van der Waals surface area contributed by atoms with Gasteiger partial charge in [-0.05, 0) is 11.6 Å². The van der Waals surface area contributed by atoms with Crippen LogP contribution >= 0.6 is 11.8 Å². The summed E-state index contributed by atoms with van der Waals surface area (Å²) in [4.78, 5) is 4.22. The summed E-state index contributed by atoms with van der Waals surface area (Å²) in [5.74, 6) is 0.0373. The summed E-state index contributed by atoms with van der Waals surface area (Å²) < 4.78 is 14.3. The van der Waals surface area contributed by atoms with Crippen molar-refractivity contribution in [1.82, 2.24) is 4.98 Å². The third-order valence-corrected chi connectivity index (χ3v) is 4.82. The summed E-state index contributed by atoms with van der Waals surface area (Å²) >= 11 is 1.33. The van der Waals surface area contributed by atoms with Crippen molar-refractivity contribution < 1.29 is 4.39 Å². The van der Waals surface area contributed by atoms with E-state index in [1.54, 1.807) is 12.1 Å². The average Bonchev–Trinajstić information content (AvgIpc) is 2.67. The fourth-order valence-electron chi connectivity index (χ4n) is 2.56. The Kier molecular flexibility index (Phi) is 5.17. The van der Waals surface area contributed by atoms with Gasteiger partial charge in [0.2, 0.25) is 0 Å². The number of thioether (sulfide) groups is 1. The first-order valence-corrected chi connectivity index (χ1v) is 8.69. The minimum absolute atomic E-state index is 0.00992. The fourth-order valence-corrected chi connectivity index (χ4v) is 3.51. The van der Waals surface area contributed by atoms with Crippen LogP contribution in [0.1, 0.15) is 16.7 Å². The largest absolute Gasteiger partial charge is 0.383 e. The van der Waals surface area contributed by atoms with E-state index in [-0.39, 0.29) is 28.1 Å². The molecule has 0 aliphatic carbocycles. The van der Waals surface area contributed by atoms with Crippen molar-refractivity contribution >= 4 is 17.6 Å². The van der Waals surface area contributed by atoms with Gasteiger partial charge in [0.1, 0.15) is 34.4 Å². The standard InChI is InChI=1S/C20H13FN4S/c21-17-9-5-4-8-14(17)18-15(10-22)19(24)25-20(16(18)11-23)26-12-13-6-2-1-3-7-13/h1-9H,12H2,(H2,24,25). The molecule has 3 aromatic rings. The van der Waals surface area contributed by atoms with Crippen LogP contribution in [0.4, 0.5) is 10.2 Å². The van der Waals surface area contributed by atoms with Crippen molar-refractivity contribution in [2.24, 2.45) is 0 Å². The number of benzene rings is 2. The summed E-state index contributed by atoms with van der Waals surface area (Å²) in [6.45, 7) is 0. The van der Waals surface area contributed by atoms with Crippen LogP contribution in [0.2, 0.25) is 0 Å². The van der Waals surface area contributed by atoms with E-state index in [1.807, 2.05) is 36.4 Å². The first kappa shape index (κ1) is 17.5. The number of nitriles is 2. The van der Waals surface area contributed by atoms with Crippen LogP contribution in [0.15, 0.2) is 59.6 Å². The van der Waals surface area contributed by atoms with Crippen LogP contribution in [0.3, 0.4) is 0 Å². The van der Waals surface area contributed by atoms with Gasteiger partial charge in [-0.25, -0.2) is 9.37 Å². The van der Waals surface area contributed by atoms with E-state index in [2.05, 4.69) is 11.1 Å². The first-order valence-electron chi connectivity index (χ1n) is 7.71. The lowest BCUT2D eigenvalue weighted by molar-refractivity contribution is 0.631. The van der Waals surface area contributed by atoms with E-state index < -0.39 is 5.82 Å². The van der Waals surface area contributed by atoms with Crippen molar-refractivity contribution in [3.63, 3.8) is 0 Å². The molecule has 0 amide bonds. The molecule has 0 aliphatic heterocycles. The maximum absolute atomic E-state index is 14.3. The van der Waals surface area contributed by atoms with Crippen LogP contribution < -0.4 is 5.73 Å². The molecule has 0 radical (unpaired) electrons. The van der Waals surface area contributed by atoms with E-state index >= 15 is 0 Å². The molecule has 0 saturated carbocycles. The highest BCUT2D eigenvalue weighted by Gasteiger charge is 2.22. The monoisotopic (exact) mass is 360 g/mol. The molecule has 26 heavy (non-hydrogen) atoms. The number of pyridine rings is 1. The molecule has 4 nitrogen and oxygen atoms in total. The molecule has 3 rings (SSSR count). The van der Waals surface area contributed by atoms with Gasteiger partial charge < -0.3 is 5.73 Å². The predicted octanol–water partition coefficient (Wildman–Crippen LogP) is 4.51. The molecule has 0 unspecified atom stereocenters. The van der Waals surface area contributed by atoms with Crippen molar-refractivity contribution in [2.45, 2.75) is 10.8 Å². The molecule has 1 aromatic heterocycles. The van der Waals surface area contributed by atoms with Crippen LogP contribution in [0.5, 0.6) is 0 Å². The number of nitrogen functional groups attached to an aromatic ring is 1. The van der Waals surface area contributed by atoms with E-state index in [4.69, 9.17) is 5.73 Å². The Labute approximate surface area is 154 Å². The van der Waals surface area contributed by atoms with Gasteiger partial charge in [0, 0.05) is 16.9 Å². The Morgan fingerprint density at radius 1 is 0.962 bits per heavy atom. The molecule has 126 valence electrons. The van der Waals surface area contributed by atoms with Crippen LogP contribution in [0, 0.1) is 28.5 Å². The van der Waals surface area contributed by atoms with Gasteiger partial charge in [0.05, 0.1) is 5.56 Å². The molecule has 2 N–H and O–H groups in total. The SMILES string of the molecule is N#Cc1c(N)nc(SCc2ccccc2)c(C#N)c1-c1ccccc1F. The Morgan fingerprint density at radius 3 is 2.27 bits per heavy atom. The zero-order valence-corrected chi connectivity index (χ0v) is 14.4.